The molecular weight excluding hydrogens is 285 g/mol. The Morgan fingerprint density at radius 2 is 1.81 bits per heavy atom. The SMILES string of the molecule is CNC(Cc1c(F)cccc1Cl)C1CCC(C(C)C)CC1. The Morgan fingerprint density at radius 1 is 1.19 bits per heavy atom. The molecule has 1 atom stereocenters. The van der Waals surface area contributed by atoms with E-state index in [4.69, 9.17) is 11.6 Å². The van der Waals surface area contributed by atoms with Gasteiger partial charge in [-0.2, -0.15) is 0 Å². The average Bonchev–Trinajstić information content (AvgIpc) is 2.47. The van der Waals surface area contributed by atoms with Crippen LogP contribution in [-0.2, 0) is 6.42 Å². The van der Waals surface area contributed by atoms with Gasteiger partial charge < -0.3 is 5.32 Å². The number of halogens is 2. The maximum Gasteiger partial charge on any atom is 0.127 e. The van der Waals surface area contributed by atoms with Crippen LogP contribution in [0.25, 0.3) is 0 Å². The van der Waals surface area contributed by atoms with E-state index >= 15 is 0 Å². The van der Waals surface area contributed by atoms with Crippen molar-refractivity contribution in [2.75, 3.05) is 7.05 Å². The average molecular weight is 312 g/mol. The lowest BCUT2D eigenvalue weighted by Gasteiger charge is -2.35. The first-order chi connectivity index (χ1) is 10.0. The molecule has 0 radical (unpaired) electrons. The molecule has 1 aliphatic carbocycles. The van der Waals surface area contributed by atoms with E-state index in [1.807, 2.05) is 7.05 Å². The zero-order valence-corrected chi connectivity index (χ0v) is 14.1. The normalized spacial score (nSPS) is 24.3. The van der Waals surface area contributed by atoms with Crippen molar-refractivity contribution in [3.63, 3.8) is 0 Å². The van der Waals surface area contributed by atoms with Gasteiger partial charge in [-0.05, 0) is 69.0 Å². The van der Waals surface area contributed by atoms with Gasteiger partial charge in [-0.3, -0.25) is 0 Å². The molecule has 0 aromatic heterocycles. The lowest BCUT2D eigenvalue weighted by atomic mass is 9.73. The molecule has 1 saturated carbocycles. The largest absolute Gasteiger partial charge is 0.316 e. The molecule has 0 saturated heterocycles. The highest BCUT2D eigenvalue weighted by Crippen LogP contribution is 2.36. The summed E-state index contributed by atoms with van der Waals surface area (Å²) in [5.74, 6) is 2.08. The van der Waals surface area contributed by atoms with Crippen LogP contribution in [0.2, 0.25) is 5.02 Å². The molecule has 1 aromatic rings. The van der Waals surface area contributed by atoms with Gasteiger partial charge in [-0.1, -0.05) is 31.5 Å². The molecule has 118 valence electrons. The molecule has 1 aromatic carbocycles. The van der Waals surface area contributed by atoms with Crippen LogP contribution >= 0.6 is 11.6 Å². The molecule has 2 rings (SSSR count). The Balaban J connectivity index is 2.01. The number of hydrogen-bond acceptors (Lipinski definition) is 1. The lowest BCUT2D eigenvalue weighted by Crippen LogP contribution is -2.38. The molecule has 0 amide bonds. The Bertz CT molecular complexity index is 432. The summed E-state index contributed by atoms with van der Waals surface area (Å²) in [7, 11) is 1.98. The minimum absolute atomic E-state index is 0.182. The molecular formula is C18H27ClFN. The van der Waals surface area contributed by atoms with Crippen molar-refractivity contribution in [3.8, 4) is 0 Å². The number of hydrogen-bond donors (Lipinski definition) is 1. The van der Waals surface area contributed by atoms with Gasteiger partial charge in [0, 0.05) is 16.6 Å². The van der Waals surface area contributed by atoms with Gasteiger partial charge in [0.2, 0.25) is 0 Å². The minimum atomic E-state index is -0.182. The zero-order valence-electron chi connectivity index (χ0n) is 13.3. The molecule has 0 aliphatic heterocycles. The fourth-order valence-electron chi connectivity index (χ4n) is 3.67. The topological polar surface area (TPSA) is 12.0 Å². The van der Waals surface area contributed by atoms with Crippen LogP contribution in [0.4, 0.5) is 4.39 Å². The second-order valence-corrected chi connectivity index (χ2v) is 7.13. The van der Waals surface area contributed by atoms with Gasteiger partial charge in [0.15, 0.2) is 0 Å². The first kappa shape index (κ1) is 16.8. The molecule has 3 heteroatoms. The summed E-state index contributed by atoms with van der Waals surface area (Å²) in [6, 6.07) is 5.27. The maximum absolute atomic E-state index is 14.0. The predicted molar refractivity (Wildman–Crippen MR) is 88.2 cm³/mol. The van der Waals surface area contributed by atoms with Crippen LogP contribution in [0, 0.1) is 23.6 Å². The van der Waals surface area contributed by atoms with Crippen molar-refractivity contribution >= 4 is 11.6 Å². The molecule has 0 heterocycles. The van der Waals surface area contributed by atoms with E-state index in [0.717, 1.165) is 11.8 Å². The molecule has 0 bridgehead atoms. The zero-order chi connectivity index (χ0) is 15.4. The fourth-order valence-corrected chi connectivity index (χ4v) is 3.91. The van der Waals surface area contributed by atoms with E-state index in [0.29, 0.717) is 29.0 Å². The van der Waals surface area contributed by atoms with Gasteiger partial charge in [-0.15, -0.1) is 0 Å². The van der Waals surface area contributed by atoms with Crippen molar-refractivity contribution in [1.82, 2.24) is 5.32 Å². The Labute approximate surface area is 133 Å². The first-order valence-corrected chi connectivity index (χ1v) is 8.50. The number of likely N-dealkylation sites (N-methyl/N-ethyl adjacent to an activating group) is 1. The summed E-state index contributed by atoms with van der Waals surface area (Å²) in [6.45, 7) is 4.64. The van der Waals surface area contributed by atoms with Crippen LogP contribution in [0.3, 0.4) is 0 Å². The highest BCUT2D eigenvalue weighted by atomic mass is 35.5. The Hall–Kier alpha value is -0.600. The predicted octanol–water partition coefficient (Wildman–Crippen LogP) is 5.07. The molecule has 0 spiro atoms. The molecule has 1 aliphatic rings. The van der Waals surface area contributed by atoms with Gasteiger partial charge >= 0.3 is 0 Å². The maximum atomic E-state index is 14.0. The highest BCUT2D eigenvalue weighted by Gasteiger charge is 2.29. The fraction of sp³-hybridized carbons (Fsp3) is 0.667. The van der Waals surface area contributed by atoms with Crippen molar-refractivity contribution < 1.29 is 4.39 Å². The highest BCUT2D eigenvalue weighted by molar-refractivity contribution is 6.31. The monoisotopic (exact) mass is 311 g/mol. The first-order valence-electron chi connectivity index (χ1n) is 8.13. The van der Waals surface area contributed by atoms with E-state index in [2.05, 4.69) is 19.2 Å². The van der Waals surface area contributed by atoms with Gasteiger partial charge in [-0.25, -0.2) is 4.39 Å². The van der Waals surface area contributed by atoms with Gasteiger partial charge in [0.05, 0.1) is 0 Å². The van der Waals surface area contributed by atoms with Crippen LogP contribution in [0.5, 0.6) is 0 Å². The number of rotatable bonds is 5. The third-order valence-electron chi connectivity index (χ3n) is 5.18. The van der Waals surface area contributed by atoms with Crippen LogP contribution in [-0.4, -0.2) is 13.1 Å². The lowest BCUT2D eigenvalue weighted by molar-refractivity contribution is 0.191. The van der Waals surface area contributed by atoms with Crippen LogP contribution < -0.4 is 5.32 Å². The standard InChI is InChI=1S/C18H27ClFN/c1-12(2)13-7-9-14(10-8-13)18(21-3)11-15-16(19)5-4-6-17(15)20/h4-6,12-14,18,21H,7-11H2,1-3H3. The summed E-state index contributed by atoms with van der Waals surface area (Å²) in [4.78, 5) is 0. The molecule has 1 nitrogen and oxygen atoms in total. The van der Waals surface area contributed by atoms with Gasteiger partial charge in [0.25, 0.3) is 0 Å². The minimum Gasteiger partial charge on any atom is -0.316 e. The van der Waals surface area contributed by atoms with E-state index < -0.39 is 0 Å². The Kier molecular flexibility index (Phi) is 6.07. The second-order valence-electron chi connectivity index (χ2n) is 6.72. The van der Waals surface area contributed by atoms with Crippen LogP contribution in [0.1, 0.15) is 45.1 Å². The van der Waals surface area contributed by atoms with Crippen molar-refractivity contribution in [1.29, 1.82) is 0 Å². The summed E-state index contributed by atoms with van der Waals surface area (Å²) in [5, 5.41) is 3.94. The quantitative estimate of drug-likeness (QED) is 0.800. The van der Waals surface area contributed by atoms with E-state index in [-0.39, 0.29) is 5.82 Å². The van der Waals surface area contributed by atoms with E-state index in [1.165, 1.54) is 31.7 Å². The molecule has 1 N–H and O–H groups in total. The molecule has 1 fully saturated rings. The number of benzene rings is 1. The van der Waals surface area contributed by atoms with E-state index in [1.54, 1.807) is 12.1 Å². The molecule has 21 heavy (non-hydrogen) atoms. The van der Waals surface area contributed by atoms with Crippen molar-refractivity contribution in [2.45, 2.75) is 52.0 Å². The number of nitrogens with one attached hydrogen (secondary N) is 1. The molecule has 1 unspecified atom stereocenters. The summed E-state index contributed by atoms with van der Waals surface area (Å²) in [6.07, 6.45) is 5.75. The third-order valence-corrected chi connectivity index (χ3v) is 5.54. The van der Waals surface area contributed by atoms with Gasteiger partial charge in [0.1, 0.15) is 5.82 Å². The van der Waals surface area contributed by atoms with E-state index in [9.17, 15) is 4.39 Å². The summed E-state index contributed by atoms with van der Waals surface area (Å²) in [5.41, 5.74) is 0.657. The van der Waals surface area contributed by atoms with Crippen LogP contribution in [0.15, 0.2) is 18.2 Å². The summed E-state index contributed by atoms with van der Waals surface area (Å²) < 4.78 is 14.0. The smallest absolute Gasteiger partial charge is 0.127 e. The summed E-state index contributed by atoms with van der Waals surface area (Å²) >= 11 is 6.17. The van der Waals surface area contributed by atoms with Crippen molar-refractivity contribution in [2.24, 2.45) is 17.8 Å². The van der Waals surface area contributed by atoms with Crippen molar-refractivity contribution in [3.05, 3.63) is 34.6 Å². The second kappa shape index (κ2) is 7.60. The Morgan fingerprint density at radius 3 is 2.33 bits per heavy atom. The third kappa shape index (κ3) is 4.20.